The highest BCUT2D eigenvalue weighted by molar-refractivity contribution is 14.0. The summed E-state index contributed by atoms with van der Waals surface area (Å²) in [6.45, 7) is 5.08. The van der Waals surface area contributed by atoms with Gasteiger partial charge >= 0.3 is 0 Å². The molecule has 6 nitrogen and oxygen atoms in total. The number of carbonyl (C=O) groups is 1. The molecule has 0 aliphatic carbocycles. The van der Waals surface area contributed by atoms with Crippen LogP contribution >= 0.6 is 24.0 Å². The van der Waals surface area contributed by atoms with Gasteiger partial charge in [0, 0.05) is 53.0 Å². The van der Waals surface area contributed by atoms with Crippen molar-refractivity contribution in [1.29, 1.82) is 0 Å². The van der Waals surface area contributed by atoms with Gasteiger partial charge in [0.1, 0.15) is 0 Å². The Labute approximate surface area is 168 Å². The second kappa shape index (κ2) is 13.9. The Kier molecular flexibility index (Phi) is 13.1. The summed E-state index contributed by atoms with van der Waals surface area (Å²) >= 11 is 0. The van der Waals surface area contributed by atoms with E-state index in [1.165, 1.54) is 0 Å². The molecule has 0 bridgehead atoms. The number of nitrogens with one attached hydrogen (secondary N) is 2. The second-order valence-corrected chi connectivity index (χ2v) is 5.68. The van der Waals surface area contributed by atoms with E-state index < -0.39 is 0 Å². The Bertz CT molecular complexity index is 536. The lowest BCUT2D eigenvalue weighted by Gasteiger charge is -2.13. The predicted molar refractivity (Wildman–Crippen MR) is 114 cm³/mol. The van der Waals surface area contributed by atoms with Crippen molar-refractivity contribution in [3.05, 3.63) is 35.4 Å². The van der Waals surface area contributed by atoms with Crippen LogP contribution in [-0.2, 0) is 11.2 Å². The Morgan fingerprint density at radius 1 is 1.28 bits per heavy atom. The lowest BCUT2D eigenvalue weighted by Crippen LogP contribution is -2.38. The molecule has 1 aromatic rings. The zero-order valence-corrected chi connectivity index (χ0v) is 18.0. The van der Waals surface area contributed by atoms with Crippen molar-refractivity contribution in [1.82, 2.24) is 15.5 Å². The Balaban J connectivity index is 0.00000576. The standard InChI is InChI=1S/C18H30N4O2.HI/c1-5-19-18(20-11-7-13-24-4)21-12-10-15-8-6-9-16(14-15)17(23)22(2)3;/h6,8-9,14H,5,7,10-13H2,1-4H3,(H2,19,20,21);1H. The number of hydrogen-bond acceptors (Lipinski definition) is 3. The molecule has 0 spiro atoms. The highest BCUT2D eigenvalue weighted by Gasteiger charge is 2.08. The minimum absolute atomic E-state index is 0. The zero-order chi connectivity index (χ0) is 17.8. The van der Waals surface area contributed by atoms with Gasteiger partial charge in [0.15, 0.2) is 5.96 Å². The van der Waals surface area contributed by atoms with Gasteiger partial charge in [-0.25, -0.2) is 0 Å². The first-order valence-electron chi connectivity index (χ1n) is 8.40. The third kappa shape index (κ3) is 9.64. The van der Waals surface area contributed by atoms with Crippen LogP contribution in [0.1, 0.15) is 29.3 Å². The van der Waals surface area contributed by atoms with Gasteiger partial charge in [-0.3, -0.25) is 9.79 Å². The highest BCUT2D eigenvalue weighted by Crippen LogP contribution is 2.07. The maximum absolute atomic E-state index is 12.0. The molecule has 0 atom stereocenters. The van der Waals surface area contributed by atoms with E-state index >= 15 is 0 Å². The van der Waals surface area contributed by atoms with Gasteiger partial charge in [-0.15, -0.1) is 24.0 Å². The average molecular weight is 462 g/mol. The molecule has 25 heavy (non-hydrogen) atoms. The van der Waals surface area contributed by atoms with Crippen molar-refractivity contribution in [3.8, 4) is 0 Å². The number of amides is 1. The van der Waals surface area contributed by atoms with Gasteiger partial charge in [-0.1, -0.05) is 12.1 Å². The normalized spacial score (nSPS) is 10.8. The van der Waals surface area contributed by atoms with Gasteiger partial charge in [0.05, 0.1) is 0 Å². The van der Waals surface area contributed by atoms with Crippen LogP contribution in [0.5, 0.6) is 0 Å². The number of methoxy groups -OCH3 is 1. The molecule has 7 heteroatoms. The van der Waals surface area contributed by atoms with Crippen LogP contribution in [0.4, 0.5) is 0 Å². The Morgan fingerprint density at radius 3 is 2.68 bits per heavy atom. The average Bonchev–Trinajstić information content (AvgIpc) is 2.58. The van der Waals surface area contributed by atoms with Crippen LogP contribution in [0, 0.1) is 0 Å². The van der Waals surface area contributed by atoms with Gasteiger partial charge in [0.2, 0.25) is 0 Å². The minimum Gasteiger partial charge on any atom is -0.385 e. The molecule has 1 amide bonds. The molecule has 142 valence electrons. The fourth-order valence-electron chi connectivity index (χ4n) is 2.18. The quantitative estimate of drug-likeness (QED) is 0.256. The third-order valence-electron chi connectivity index (χ3n) is 3.41. The molecule has 1 aromatic carbocycles. The molecule has 0 saturated heterocycles. The summed E-state index contributed by atoms with van der Waals surface area (Å²) in [6, 6.07) is 7.76. The summed E-state index contributed by atoms with van der Waals surface area (Å²) in [4.78, 5) is 18.1. The lowest BCUT2D eigenvalue weighted by molar-refractivity contribution is 0.0827. The van der Waals surface area contributed by atoms with Gasteiger partial charge in [-0.05, 0) is 37.5 Å². The molecular weight excluding hydrogens is 431 g/mol. The van der Waals surface area contributed by atoms with Crippen LogP contribution in [0.25, 0.3) is 0 Å². The van der Waals surface area contributed by atoms with Gasteiger partial charge < -0.3 is 20.3 Å². The number of nitrogens with zero attached hydrogens (tertiary/aromatic N) is 2. The first-order valence-corrected chi connectivity index (χ1v) is 8.40. The van der Waals surface area contributed by atoms with E-state index in [0.29, 0.717) is 0 Å². The van der Waals surface area contributed by atoms with E-state index in [2.05, 4.69) is 15.6 Å². The number of benzene rings is 1. The van der Waals surface area contributed by atoms with E-state index in [-0.39, 0.29) is 29.9 Å². The third-order valence-corrected chi connectivity index (χ3v) is 3.41. The molecule has 0 unspecified atom stereocenters. The Morgan fingerprint density at radius 2 is 2.04 bits per heavy atom. The van der Waals surface area contributed by atoms with E-state index in [9.17, 15) is 4.79 Å². The molecular formula is C18H31IN4O2. The number of aliphatic imine (C=N–C) groups is 1. The van der Waals surface area contributed by atoms with Crippen LogP contribution in [0.3, 0.4) is 0 Å². The van der Waals surface area contributed by atoms with Gasteiger partial charge in [-0.2, -0.15) is 0 Å². The molecule has 0 aliphatic rings. The first-order chi connectivity index (χ1) is 11.6. The summed E-state index contributed by atoms with van der Waals surface area (Å²) in [5.74, 6) is 0.840. The Hall–Kier alpha value is -1.35. The minimum atomic E-state index is 0. The molecule has 0 saturated carbocycles. The van der Waals surface area contributed by atoms with Crippen LogP contribution in [-0.4, -0.2) is 64.2 Å². The topological polar surface area (TPSA) is 66.0 Å². The van der Waals surface area contributed by atoms with Crippen molar-refractivity contribution in [2.75, 3.05) is 47.4 Å². The number of carbonyl (C=O) groups excluding carboxylic acids is 1. The smallest absolute Gasteiger partial charge is 0.253 e. The van der Waals surface area contributed by atoms with Crippen molar-refractivity contribution < 1.29 is 9.53 Å². The van der Waals surface area contributed by atoms with Crippen molar-refractivity contribution >= 4 is 35.8 Å². The number of hydrogen-bond donors (Lipinski definition) is 2. The molecule has 0 radical (unpaired) electrons. The summed E-state index contributed by atoms with van der Waals surface area (Å²) in [5, 5.41) is 6.55. The summed E-state index contributed by atoms with van der Waals surface area (Å²) in [5.41, 5.74) is 1.85. The second-order valence-electron chi connectivity index (χ2n) is 5.68. The predicted octanol–water partition coefficient (Wildman–Crippen LogP) is 2.14. The van der Waals surface area contributed by atoms with E-state index in [1.54, 1.807) is 26.1 Å². The number of halogens is 1. The number of ether oxygens (including phenoxy) is 1. The van der Waals surface area contributed by atoms with Crippen LogP contribution < -0.4 is 10.6 Å². The fraction of sp³-hybridized carbons (Fsp3) is 0.556. The van der Waals surface area contributed by atoms with Crippen LogP contribution in [0.2, 0.25) is 0 Å². The SMILES string of the molecule is CCNC(=NCCCOC)NCCc1cccc(C(=O)N(C)C)c1.I. The van der Waals surface area contributed by atoms with E-state index in [1.807, 2.05) is 31.2 Å². The van der Waals surface area contributed by atoms with Crippen molar-refractivity contribution in [2.45, 2.75) is 19.8 Å². The molecule has 1 rings (SSSR count). The monoisotopic (exact) mass is 462 g/mol. The number of guanidine groups is 1. The molecule has 2 N–H and O–H groups in total. The van der Waals surface area contributed by atoms with E-state index in [4.69, 9.17) is 4.74 Å². The molecule has 0 aliphatic heterocycles. The summed E-state index contributed by atoms with van der Waals surface area (Å²) in [7, 11) is 5.22. The van der Waals surface area contributed by atoms with Gasteiger partial charge in [0.25, 0.3) is 5.91 Å². The maximum atomic E-state index is 12.0. The summed E-state index contributed by atoms with van der Waals surface area (Å²) in [6.07, 6.45) is 1.73. The molecule has 0 heterocycles. The molecule has 0 fully saturated rings. The largest absolute Gasteiger partial charge is 0.385 e. The fourth-order valence-corrected chi connectivity index (χ4v) is 2.18. The molecule has 0 aromatic heterocycles. The van der Waals surface area contributed by atoms with E-state index in [0.717, 1.165) is 56.2 Å². The zero-order valence-electron chi connectivity index (χ0n) is 15.7. The number of rotatable bonds is 9. The van der Waals surface area contributed by atoms with Crippen molar-refractivity contribution in [3.63, 3.8) is 0 Å². The highest BCUT2D eigenvalue weighted by atomic mass is 127. The lowest BCUT2D eigenvalue weighted by atomic mass is 10.1. The van der Waals surface area contributed by atoms with Crippen LogP contribution in [0.15, 0.2) is 29.3 Å². The first kappa shape index (κ1) is 23.6. The van der Waals surface area contributed by atoms with Crippen molar-refractivity contribution in [2.24, 2.45) is 4.99 Å². The maximum Gasteiger partial charge on any atom is 0.253 e. The summed E-state index contributed by atoms with van der Waals surface area (Å²) < 4.78 is 5.03.